The second kappa shape index (κ2) is 5.68. The zero-order chi connectivity index (χ0) is 14.1. The van der Waals surface area contributed by atoms with E-state index >= 15 is 0 Å². The third-order valence-electron chi connectivity index (χ3n) is 4.76. The number of nitrogens with two attached hydrogens (primary N) is 1. The Balaban J connectivity index is 2.15. The van der Waals surface area contributed by atoms with Crippen molar-refractivity contribution in [3.63, 3.8) is 0 Å². The van der Waals surface area contributed by atoms with Crippen molar-refractivity contribution >= 4 is 0 Å². The topological polar surface area (TPSA) is 41.7 Å². The minimum absolute atomic E-state index is 0.0388. The molecule has 0 bridgehead atoms. The monoisotopic (exact) mass is 269 g/mol. The van der Waals surface area contributed by atoms with Crippen LogP contribution >= 0.6 is 0 Å². The number of likely N-dealkylation sites (N-methyl/N-ethyl adjacent to an activating group) is 1. The first-order chi connectivity index (χ1) is 8.88. The summed E-state index contributed by atoms with van der Waals surface area (Å²) in [7, 11) is 4.33. The first-order valence-corrected chi connectivity index (χ1v) is 7.64. The lowest BCUT2D eigenvalue weighted by atomic mass is 9.79. The van der Waals surface area contributed by atoms with Crippen LogP contribution in [0, 0.1) is 0 Å². The first-order valence-electron chi connectivity index (χ1n) is 7.64. The van der Waals surface area contributed by atoms with Crippen molar-refractivity contribution in [2.45, 2.75) is 56.7 Å². The van der Waals surface area contributed by atoms with Crippen LogP contribution < -0.4 is 5.73 Å². The Hall–Kier alpha value is -0.160. The molecule has 2 atom stereocenters. The van der Waals surface area contributed by atoms with Crippen LogP contribution in [-0.4, -0.2) is 67.3 Å². The lowest BCUT2D eigenvalue weighted by Gasteiger charge is -2.51. The molecule has 0 aromatic carbocycles. The van der Waals surface area contributed by atoms with Crippen molar-refractivity contribution < 1.29 is 4.74 Å². The van der Waals surface area contributed by atoms with Gasteiger partial charge < -0.3 is 15.4 Å². The SMILES string of the molecule is CN(C)CC1CCCN1C1(CN)CCOC(C)(C)C1. The Labute approximate surface area is 118 Å². The van der Waals surface area contributed by atoms with Crippen molar-refractivity contribution in [1.82, 2.24) is 9.80 Å². The summed E-state index contributed by atoms with van der Waals surface area (Å²) >= 11 is 0. The summed E-state index contributed by atoms with van der Waals surface area (Å²) in [5, 5.41) is 0. The number of rotatable bonds is 4. The van der Waals surface area contributed by atoms with E-state index in [1.165, 1.54) is 19.4 Å². The molecule has 112 valence electrons. The molecule has 4 nitrogen and oxygen atoms in total. The summed E-state index contributed by atoms with van der Waals surface area (Å²) < 4.78 is 5.91. The summed E-state index contributed by atoms with van der Waals surface area (Å²) in [4.78, 5) is 5.01. The Morgan fingerprint density at radius 2 is 2.11 bits per heavy atom. The van der Waals surface area contributed by atoms with E-state index in [-0.39, 0.29) is 11.1 Å². The van der Waals surface area contributed by atoms with Gasteiger partial charge in [0.05, 0.1) is 5.60 Å². The molecule has 0 radical (unpaired) electrons. The maximum absolute atomic E-state index is 6.22. The van der Waals surface area contributed by atoms with Crippen LogP contribution in [0.5, 0.6) is 0 Å². The predicted molar refractivity (Wildman–Crippen MR) is 79.3 cm³/mol. The molecule has 2 heterocycles. The van der Waals surface area contributed by atoms with Crippen LogP contribution in [0.15, 0.2) is 0 Å². The van der Waals surface area contributed by atoms with Gasteiger partial charge in [0.2, 0.25) is 0 Å². The zero-order valence-corrected chi connectivity index (χ0v) is 13.1. The van der Waals surface area contributed by atoms with Crippen LogP contribution in [0.3, 0.4) is 0 Å². The van der Waals surface area contributed by atoms with Crippen LogP contribution in [-0.2, 0) is 4.74 Å². The lowest BCUT2D eigenvalue weighted by molar-refractivity contribution is -0.121. The van der Waals surface area contributed by atoms with Crippen LogP contribution in [0.4, 0.5) is 0 Å². The fraction of sp³-hybridized carbons (Fsp3) is 1.00. The van der Waals surface area contributed by atoms with Crippen LogP contribution in [0.2, 0.25) is 0 Å². The van der Waals surface area contributed by atoms with E-state index in [4.69, 9.17) is 10.5 Å². The van der Waals surface area contributed by atoms with Gasteiger partial charge in [-0.2, -0.15) is 0 Å². The van der Waals surface area contributed by atoms with Crippen molar-refractivity contribution in [3.8, 4) is 0 Å². The molecule has 2 aliphatic rings. The van der Waals surface area contributed by atoms with E-state index in [1.54, 1.807) is 0 Å². The predicted octanol–water partition coefficient (Wildman–Crippen LogP) is 1.30. The van der Waals surface area contributed by atoms with Crippen LogP contribution in [0.1, 0.15) is 39.5 Å². The normalized spacial score (nSPS) is 36.0. The van der Waals surface area contributed by atoms with Crippen LogP contribution in [0.25, 0.3) is 0 Å². The second-order valence-electron chi connectivity index (χ2n) is 7.22. The van der Waals surface area contributed by atoms with E-state index in [2.05, 4.69) is 37.7 Å². The average Bonchev–Trinajstić information content (AvgIpc) is 2.75. The minimum atomic E-state index is -0.0388. The highest BCUT2D eigenvalue weighted by Crippen LogP contribution is 2.39. The zero-order valence-electron chi connectivity index (χ0n) is 13.1. The van der Waals surface area contributed by atoms with E-state index in [0.717, 1.165) is 32.5 Å². The second-order valence-corrected chi connectivity index (χ2v) is 7.22. The smallest absolute Gasteiger partial charge is 0.0644 e. The Kier molecular flexibility index (Phi) is 4.56. The van der Waals surface area contributed by atoms with E-state index < -0.39 is 0 Å². The van der Waals surface area contributed by atoms with Gasteiger partial charge in [-0.25, -0.2) is 0 Å². The largest absolute Gasteiger partial charge is 0.375 e. The molecule has 2 aliphatic heterocycles. The first kappa shape index (κ1) is 15.2. The van der Waals surface area contributed by atoms with Gasteiger partial charge in [-0.3, -0.25) is 4.90 Å². The van der Waals surface area contributed by atoms with Gasteiger partial charge in [-0.05, 0) is 60.2 Å². The summed E-state index contributed by atoms with van der Waals surface area (Å²) in [6, 6.07) is 0.660. The van der Waals surface area contributed by atoms with Gasteiger partial charge in [0.15, 0.2) is 0 Å². The van der Waals surface area contributed by atoms with Crippen molar-refractivity contribution in [3.05, 3.63) is 0 Å². The molecule has 2 fully saturated rings. The molecule has 0 amide bonds. The third-order valence-corrected chi connectivity index (χ3v) is 4.76. The molecule has 2 unspecified atom stereocenters. The Bertz CT molecular complexity index is 306. The Morgan fingerprint density at radius 1 is 1.37 bits per heavy atom. The summed E-state index contributed by atoms with van der Waals surface area (Å²) in [5.74, 6) is 0. The molecule has 2 N–H and O–H groups in total. The highest BCUT2D eigenvalue weighted by Gasteiger charge is 2.47. The number of hydrogen-bond acceptors (Lipinski definition) is 4. The molecular formula is C15H31N3O. The minimum Gasteiger partial charge on any atom is -0.375 e. The van der Waals surface area contributed by atoms with Crippen molar-refractivity contribution in [1.29, 1.82) is 0 Å². The molecule has 0 aromatic heterocycles. The molecule has 2 rings (SSSR count). The fourth-order valence-corrected chi connectivity index (χ4v) is 4.06. The standard InChI is InChI=1S/C15H31N3O/c1-14(2)11-15(12-16,7-9-19-14)18-8-5-6-13(18)10-17(3)4/h13H,5-12,16H2,1-4H3. The number of hydrogen-bond donors (Lipinski definition) is 1. The molecule has 2 saturated heterocycles. The molecule has 0 aliphatic carbocycles. The van der Waals surface area contributed by atoms with E-state index in [0.29, 0.717) is 6.04 Å². The average molecular weight is 269 g/mol. The molecule has 0 spiro atoms. The van der Waals surface area contributed by atoms with E-state index in [9.17, 15) is 0 Å². The van der Waals surface area contributed by atoms with Gasteiger partial charge in [0.25, 0.3) is 0 Å². The molecular weight excluding hydrogens is 238 g/mol. The summed E-state index contributed by atoms with van der Waals surface area (Å²) in [6.45, 7) is 8.34. The van der Waals surface area contributed by atoms with Gasteiger partial charge >= 0.3 is 0 Å². The van der Waals surface area contributed by atoms with Crippen molar-refractivity contribution in [2.24, 2.45) is 5.73 Å². The van der Waals surface area contributed by atoms with E-state index in [1.807, 2.05) is 0 Å². The number of ether oxygens (including phenoxy) is 1. The third kappa shape index (κ3) is 3.30. The summed E-state index contributed by atoms with van der Waals surface area (Å²) in [5.41, 5.74) is 6.33. The highest BCUT2D eigenvalue weighted by atomic mass is 16.5. The number of nitrogens with zero attached hydrogens (tertiary/aromatic N) is 2. The van der Waals surface area contributed by atoms with Gasteiger partial charge in [-0.15, -0.1) is 0 Å². The molecule has 19 heavy (non-hydrogen) atoms. The molecule has 0 aromatic rings. The van der Waals surface area contributed by atoms with Gasteiger partial charge in [0.1, 0.15) is 0 Å². The maximum Gasteiger partial charge on any atom is 0.0644 e. The molecule has 4 heteroatoms. The lowest BCUT2D eigenvalue weighted by Crippen LogP contribution is -2.62. The van der Waals surface area contributed by atoms with Gasteiger partial charge in [0, 0.05) is 31.3 Å². The summed E-state index contributed by atoms with van der Waals surface area (Å²) in [6.07, 6.45) is 4.75. The highest BCUT2D eigenvalue weighted by molar-refractivity contribution is 5.03. The molecule has 0 saturated carbocycles. The fourth-order valence-electron chi connectivity index (χ4n) is 4.06. The quantitative estimate of drug-likeness (QED) is 0.835. The maximum atomic E-state index is 6.22. The van der Waals surface area contributed by atoms with Gasteiger partial charge in [-0.1, -0.05) is 0 Å². The Morgan fingerprint density at radius 3 is 2.68 bits per heavy atom. The van der Waals surface area contributed by atoms with Crippen molar-refractivity contribution in [2.75, 3.05) is 40.3 Å². The number of likely N-dealkylation sites (tertiary alicyclic amines) is 1.